The molecule has 1 N–H and O–H groups in total. The molecule has 0 fully saturated rings. The maximum atomic E-state index is 3.45. The summed E-state index contributed by atoms with van der Waals surface area (Å²) in [4.78, 5) is 0. The standard InChI is InChI=1S/C15H21NS/c1-4-16-11-15(2,3)9-12-10-17-14-8-6-5-7-13(12)14/h5-8,10,16H,4,9,11H2,1-3H3. The monoisotopic (exact) mass is 247 g/mol. The SMILES string of the molecule is CCNCC(C)(C)Cc1csc2ccccc12. The normalized spacial score (nSPS) is 12.2. The van der Waals surface area contributed by atoms with E-state index in [4.69, 9.17) is 0 Å². The van der Waals surface area contributed by atoms with Crippen LogP contribution in [0.2, 0.25) is 0 Å². The Morgan fingerprint density at radius 3 is 2.76 bits per heavy atom. The van der Waals surface area contributed by atoms with Gasteiger partial charge >= 0.3 is 0 Å². The summed E-state index contributed by atoms with van der Waals surface area (Å²) in [7, 11) is 0. The molecule has 2 rings (SSSR count). The van der Waals surface area contributed by atoms with Gasteiger partial charge in [-0.05, 0) is 40.8 Å². The lowest BCUT2D eigenvalue weighted by molar-refractivity contribution is 0.343. The Labute approximate surface area is 108 Å². The van der Waals surface area contributed by atoms with Crippen molar-refractivity contribution >= 4 is 21.4 Å². The zero-order valence-electron chi connectivity index (χ0n) is 10.9. The van der Waals surface area contributed by atoms with Crippen molar-refractivity contribution in [2.75, 3.05) is 13.1 Å². The van der Waals surface area contributed by atoms with Gasteiger partial charge in [0.2, 0.25) is 0 Å². The van der Waals surface area contributed by atoms with Crippen LogP contribution in [0.3, 0.4) is 0 Å². The molecule has 0 atom stereocenters. The molecular formula is C15H21NS. The largest absolute Gasteiger partial charge is 0.316 e. The Morgan fingerprint density at radius 1 is 1.24 bits per heavy atom. The molecule has 0 spiro atoms. The molecule has 92 valence electrons. The van der Waals surface area contributed by atoms with Crippen molar-refractivity contribution in [3.8, 4) is 0 Å². The van der Waals surface area contributed by atoms with Crippen molar-refractivity contribution in [2.45, 2.75) is 27.2 Å². The number of nitrogens with one attached hydrogen (secondary N) is 1. The molecule has 0 radical (unpaired) electrons. The minimum Gasteiger partial charge on any atom is -0.316 e. The zero-order valence-corrected chi connectivity index (χ0v) is 11.7. The summed E-state index contributed by atoms with van der Waals surface area (Å²) in [5, 5.41) is 7.20. The number of rotatable bonds is 5. The summed E-state index contributed by atoms with van der Waals surface area (Å²) in [6.07, 6.45) is 1.14. The van der Waals surface area contributed by atoms with Crippen LogP contribution in [0.25, 0.3) is 10.1 Å². The molecule has 0 amide bonds. The lowest BCUT2D eigenvalue weighted by Crippen LogP contribution is -2.30. The minimum atomic E-state index is 0.319. The average Bonchev–Trinajstić information content (AvgIpc) is 2.70. The fourth-order valence-electron chi connectivity index (χ4n) is 2.21. The Morgan fingerprint density at radius 2 is 2.00 bits per heavy atom. The summed E-state index contributed by atoms with van der Waals surface area (Å²) < 4.78 is 1.40. The van der Waals surface area contributed by atoms with Gasteiger partial charge in [0.15, 0.2) is 0 Å². The molecule has 1 nitrogen and oxygen atoms in total. The molecule has 0 aliphatic carbocycles. The first-order chi connectivity index (χ1) is 8.12. The first-order valence-electron chi connectivity index (χ1n) is 6.28. The highest BCUT2D eigenvalue weighted by molar-refractivity contribution is 7.17. The molecular weight excluding hydrogens is 226 g/mol. The van der Waals surface area contributed by atoms with Crippen LogP contribution in [0.4, 0.5) is 0 Å². The molecule has 1 heterocycles. The molecule has 1 aromatic heterocycles. The number of hydrogen-bond donors (Lipinski definition) is 1. The molecule has 2 heteroatoms. The third-order valence-corrected chi connectivity index (χ3v) is 4.10. The van der Waals surface area contributed by atoms with Crippen molar-refractivity contribution in [3.63, 3.8) is 0 Å². The molecule has 0 unspecified atom stereocenters. The van der Waals surface area contributed by atoms with Crippen LogP contribution in [0.5, 0.6) is 0 Å². The number of thiophene rings is 1. The van der Waals surface area contributed by atoms with Crippen molar-refractivity contribution in [1.29, 1.82) is 0 Å². The Hall–Kier alpha value is -0.860. The van der Waals surface area contributed by atoms with E-state index in [1.807, 2.05) is 11.3 Å². The highest BCUT2D eigenvalue weighted by atomic mass is 32.1. The van der Waals surface area contributed by atoms with E-state index in [0.717, 1.165) is 19.5 Å². The first kappa shape index (κ1) is 12.6. The second kappa shape index (κ2) is 5.19. The van der Waals surface area contributed by atoms with Crippen LogP contribution >= 0.6 is 11.3 Å². The fourth-order valence-corrected chi connectivity index (χ4v) is 3.17. The second-order valence-electron chi connectivity index (χ2n) is 5.38. The van der Waals surface area contributed by atoms with E-state index in [2.05, 4.69) is 55.7 Å². The van der Waals surface area contributed by atoms with Gasteiger partial charge in [0.05, 0.1) is 0 Å². The van der Waals surface area contributed by atoms with Crippen LogP contribution < -0.4 is 5.32 Å². The van der Waals surface area contributed by atoms with Crippen molar-refractivity contribution < 1.29 is 0 Å². The van der Waals surface area contributed by atoms with Gasteiger partial charge in [0.25, 0.3) is 0 Å². The molecule has 0 aliphatic rings. The summed E-state index contributed by atoms with van der Waals surface area (Å²) in [5.41, 5.74) is 1.81. The van der Waals surface area contributed by atoms with Crippen molar-refractivity contribution in [3.05, 3.63) is 35.2 Å². The zero-order chi connectivity index (χ0) is 12.3. The molecule has 0 saturated carbocycles. The fraction of sp³-hybridized carbons (Fsp3) is 0.467. The van der Waals surface area contributed by atoms with Crippen molar-refractivity contribution in [2.24, 2.45) is 5.41 Å². The van der Waals surface area contributed by atoms with E-state index in [1.54, 1.807) is 0 Å². The van der Waals surface area contributed by atoms with E-state index >= 15 is 0 Å². The maximum absolute atomic E-state index is 3.45. The van der Waals surface area contributed by atoms with Gasteiger partial charge in [-0.15, -0.1) is 11.3 Å². The Balaban J connectivity index is 2.18. The molecule has 0 saturated heterocycles. The third kappa shape index (κ3) is 3.08. The second-order valence-corrected chi connectivity index (χ2v) is 6.29. The van der Waals surface area contributed by atoms with E-state index in [1.165, 1.54) is 15.6 Å². The molecule has 0 bridgehead atoms. The van der Waals surface area contributed by atoms with Gasteiger partial charge in [-0.1, -0.05) is 39.0 Å². The molecule has 17 heavy (non-hydrogen) atoms. The lowest BCUT2D eigenvalue weighted by Gasteiger charge is -2.24. The Bertz CT molecular complexity index is 484. The van der Waals surface area contributed by atoms with Gasteiger partial charge in [0.1, 0.15) is 0 Å². The number of benzene rings is 1. The van der Waals surface area contributed by atoms with Crippen LogP contribution in [0.15, 0.2) is 29.6 Å². The predicted octanol–water partition coefficient (Wildman–Crippen LogP) is 4.08. The smallest absolute Gasteiger partial charge is 0.0345 e. The van der Waals surface area contributed by atoms with Crippen LogP contribution in [0.1, 0.15) is 26.3 Å². The van der Waals surface area contributed by atoms with E-state index in [9.17, 15) is 0 Å². The van der Waals surface area contributed by atoms with Crippen LogP contribution in [-0.2, 0) is 6.42 Å². The van der Waals surface area contributed by atoms with Crippen LogP contribution in [-0.4, -0.2) is 13.1 Å². The lowest BCUT2D eigenvalue weighted by atomic mass is 9.85. The van der Waals surface area contributed by atoms with Gasteiger partial charge in [-0.3, -0.25) is 0 Å². The van der Waals surface area contributed by atoms with Gasteiger partial charge in [-0.25, -0.2) is 0 Å². The van der Waals surface area contributed by atoms with E-state index in [0.29, 0.717) is 5.41 Å². The average molecular weight is 247 g/mol. The first-order valence-corrected chi connectivity index (χ1v) is 7.16. The quantitative estimate of drug-likeness (QED) is 0.839. The predicted molar refractivity (Wildman–Crippen MR) is 77.9 cm³/mol. The van der Waals surface area contributed by atoms with Crippen molar-refractivity contribution in [1.82, 2.24) is 5.32 Å². The van der Waals surface area contributed by atoms with Crippen LogP contribution in [0, 0.1) is 5.41 Å². The molecule has 2 aromatic rings. The Kier molecular flexibility index (Phi) is 3.85. The minimum absolute atomic E-state index is 0.319. The number of fused-ring (bicyclic) bond motifs is 1. The van der Waals surface area contributed by atoms with Gasteiger partial charge in [-0.2, -0.15) is 0 Å². The number of hydrogen-bond acceptors (Lipinski definition) is 2. The maximum Gasteiger partial charge on any atom is 0.0345 e. The highest BCUT2D eigenvalue weighted by Gasteiger charge is 2.19. The van der Waals surface area contributed by atoms with E-state index < -0.39 is 0 Å². The van der Waals surface area contributed by atoms with E-state index in [-0.39, 0.29) is 0 Å². The summed E-state index contributed by atoms with van der Waals surface area (Å²) in [6, 6.07) is 8.70. The topological polar surface area (TPSA) is 12.0 Å². The summed E-state index contributed by atoms with van der Waals surface area (Å²) in [5.74, 6) is 0. The summed E-state index contributed by atoms with van der Waals surface area (Å²) >= 11 is 1.86. The molecule has 1 aromatic carbocycles. The summed E-state index contributed by atoms with van der Waals surface area (Å²) in [6.45, 7) is 8.96. The highest BCUT2D eigenvalue weighted by Crippen LogP contribution is 2.30. The molecule has 0 aliphatic heterocycles. The third-order valence-electron chi connectivity index (χ3n) is 3.08. The van der Waals surface area contributed by atoms with Gasteiger partial charge in [0, 0.05) is 11.2 Å². The van der Waals surface area contributed by atoms with Gasteiger partial charge < -0.3 is 5.32 Å².